The van der Waals surface area contributed by atoms with E-state index in [-0.39, 0.29) is 29.5 Å². The number of nitrogens with zero attached hydrogens (tertiary/aromatic N) is 2. The first kappa shape index (κ1) is 16.4. The van der Waals surface area contributed by atoms with E-state index in [4.69, 9.17) is 5.73 Å². The van der Waals surface area contributed by atoms with E-state index in [1.807, 2.05) is 6.92 Å². The molecule has 0 radical (unpaired) electrons. The first-order valence-electron chi connectivity index (χ1n) is 6.22. The zero-order chi connectivity index (χ0) is 13.2. The van der Waals surface area contributed by atoms with Crippen molar-refractivity contribution in [1.29, 1.82) is 0 Å². The highest BCUT2D eigenvalue weighted by molar-refractivity contribution is 7.89. The quantitative estimate of drug-likeness (QED) is 0.915. The molecule has 0 aromatic carbocycles. The van der Waals surface area contributed by atoms with Crippen molar-refractivity contribution in [2.24, 2.45) is 5.73 Å². The van der Waals surface area contributed by atoms with Gasteiger partial charge >= 0.3 is 0 Å². The highest BCUT2D eigenvalue weighted by Crippen LogP contribution is 2.25. The van der Waals surface area contributed by atoms with Crippen molar-refractivity contribution in [3.8, 4) is 0 Å². The van der Waals surface area contributed by atoms with E-state index in [9.17, 15) is 8.42 Å². The number of nitrogens with two attached hydrogens (primary N) is 1. The summed E-state index contributed by atoms with van der Waals surface area (Å²) in [5.41, 5.74) is 5.91. The number of sulfonamides is 1. The minimum atomic E-state index is -3.51. The summed E-state index contributed by atoms with van der Waals surface area (Å²) in [4.78, 5) is 3.95. The molecular formula is C12H20ClN3O2S. The largest absolute Gasteiger partial charge is 0.326 e. The average Bonchev–Trinajstić information content (AvgIpc) is 2.39. The summed E-state index contributed by atoms with van der Waals surface area (Å²) in [6.07, 6.45) is 4.23. The average molecular weight is 306 g/mol. The maximum Gasteiger partial charge on any atom is 0.260 e. The summed E-state index contributed by atoms with van der Waals surface area (Å²) >= 11 is 0. The van der Waals surface area contributed by atoms with Crippen LogP contribution in [0.2, 0.25) is 0 Å². The van der Waals surface area contributed by atoms with Crippen LogP contribution in [0, 0.1) is 0 Å². The van der Waals surface area contributed by atoms with Crippen LogP contribution in [0.25, 0.3) is 0 Å². The lowest BCUT2D eigenvalue weighted by Gasteiger charge is -2.36. The van der Waals surface area contributed by atoms with E-state index in [1.165, 1.54) is 16.6 Å². The molecule has 1 saturated heterocycles. The molecule has 2 heterocycles. The summed E-state index contributed by atoms with van der Waals surface area (Å²) in [5.74, 6) is 0. The Morgan fingerprint density at radius 2 is 2.16 bits per heavy atom. The van der Waals surface area contributed by atoms with Crippen molar-refractivity contribution in [3.63, 3.8) is 0 Å². The number of pyridine rings is 1. The molecule has 1 fully saturated rings. The number of aromatic nitrogens is 1. The first-order valence-corrected chi connectivity index (χ1v) is 7.66. The predicted molar refractivity (Wildman–Crippen MR) is 76.7 cm³/mol. The zero-order valence-electron chi connectivity index (χ0n) is 10.9. The van der Waals surface area contributed by atoms with Gasteiger partial charge in [0.1, 0.15) is 0 Å². The maximum absolute atomic E-state index is 12.5. The fourth-order valence-electron chi connectivity index (χ4n) is 2.37. The second-order valence-electron chi connectivity index (χ2n) is 4.71. The summed E-state index contributed by atoms with van der Waals surface area (Å²) in [7, 11) is -3.51. The van der Waals surface area contributed by atoms with Crippen LogP contribution < -0.4 is 5.73 Å². The van der Waals surface area contributed by atoms with Gasteiger partial charge in [-0.3, -0.25) is 0 Å². The Labute approximate surface area is 120 Å². The summed E-state index contributed by atoms with van der Waals surface area (Å²) in [5, 5.41) is 0.109. The van der Waals surface area contributed by atoms with Crippen LogP contribution in [-0.2, 0) is 10.0 Å². The van der Waals surface area contributed by atoms with Crippen molar-refractivity contribution in [1.82, 2.24) is 9.29 Å². The Kier molecular flexibility index (Phi) is 5.73. The lowest BCUT2D eigenvalue weighted by Crippen LogP contribution is -2.51. The van der Waals surface area contributed by atoms with Crippen molar-refractivity contribution in [2.45, 2.75) is 43.3 Å². The van der Waals surface area contributed by atoms with Gasteiger partial charge in [-0.05, 0) is 31.9 Å². The van der Waals surface area contributed by atoms with Crippen LogP contribution in [0.4, 0.5) is 0 Å². The smallest absolute Gasteiger partial charge is 0.260 e. The van der Waals surface area contributed by atoms with E-state index >= 15 is 0 Å². The minimum Gasteiger partial charge on any atom is -0.326 e. The number of hydrogen-bond donors (Lipinski definition) is 1. The zero-order valence-corrected chi connectivity index (χ0v) is 12.5. The van der Waals surface area contributed by atoms with E-state index < -0.39 is 10.0 Å². The number of hydrogen-bond acceptors (Lipinski definition) is 4. The van der Waals surface area contributed by atoms with Gasteiger partial charge in [0.2, 0.25) is 0 Å². The predicted octanol–water partition coefficient (Wildman–Crippen LogP) is 1.39. The van der Waals surface area contributed by atoms with Gasteiger partial charge in [-0.25, -0.2) is 13.4 Å². The molecule has 0 bridgehead atoms. The molecule has 1 aliphatic rings. The molecule has 0 aliphatic carbocycles. The van der Waals surface area contributed by atoms with Crippen molar-refractivity contribution < 1.29 is 8.42 Å². The number of rotatable bonds is 3. The highest BCUT2D eigenvalue weighted by Gasteiger charge is 2.35. The molecule has 1 aromatic heterocycles. The lowest BCUT2D eigenvalue weighted by molar-refractivity contribution is 0.227. The van der Waals surface area contributed by atoms with Crippen molar-refractivity contribution in [2.75, 3.05) is 6.54 Å². The standard InChI is InChI=1S/C12H19N3O2S.ClH/c1-10(13)11-6-3-5-9-15(11)18(16,17)12-7-2-4-8-14-12;/h2,4,7-8,10-11H,3,5-6,9,13H2,1H3;1H. The highest BCUT2D eigenvalue weighted by atomic mass is 35.5. The first-order chi connectivity index (χ1) is 8.53. The third-order valence-corrected chi connectivity index (χ3v) is 5.16. The van der Waals surface area contributed by atoms with Gasteiger partial charge in [0.05, 0.1) is 0 Å². The molecule has 19 heavy (non-hydrogen) atoms. The molecule has 2 unspecified atom stereocenters. The Morgan fingerprint density at radius 3 is 2.74 bits per heavy atom. The normalized spacial score (nSPS) is 22.5. The molecule has 108 valence electrons. The molecule has 0 saturated carbocycles. The van der Waals surface area contributed by atoms with Gasteiger partial charge < -0.3 is 5.73 Å². The fourth-order valence-corrected chi connectivity index (χ4v) is 4.08. The molecule has 0 amide bonds. The summed E-state index contributed by atoms with van der Waals surface area (Å²) < 4.78 is 26.5. The van der Waals surface area contributed by atoms with E-state index in [0.717, 1.165) is 19.3 Å². The van der Waals surface area contributed by atoms with Gasteiger partial charge in [0.15, 0.2) is 5.03 Å². The van der Waals surface area contributed by atoms with Crippen LogP contribution in [0.15, 0.2) is 29.4 Å². The second kappa shape index (κ2) is 6.65. The van der Waals surface area contributed by atoms with E-state index in [1.54, 1.807) is 12.1 Å². The lowest BCUT2D eigenvalue weighted by atomic mass is 10.00. The number of piperidine rings is 1. The van der Waals surface area contributed by atoms with Crippen molar-refractivity contribution >= 4 is 22.4 Å². The van der Waals surface area contributed by atoms with E-state index in [0.29, 0.717) is 6.54 Å². The van der Waals surface area contributed by atoms with Gasteiger partial charge in [0.25, 0.3) is 10.0 Å². The van der Waals surface area contributed by atoms with Gasteiger partial charge in [0, 0.05) is 24.8 Å². The Balaban J connectivity index is 0.00000180. The van der Waals surface area contributed by atoms with Gasteiger partial charge in [-0.1, -0.05) is 12.5 Å². The second-order valence-corrected chi connectivity index (χ2v) is 6.54. The van der Waals surface area contributed by atoms with Crippen LogP contribution in [0.5, 0.6) is 0 Å². The molecule has 0 spiro atoms. The third kappa shape index (κ3) is 3.45. The Hall–Kier alpha value is -0.690. The Bertz CT molecular complexity index is 493. The van der Waals surface area contributed by atoms with Crippen LogP contribution >= 0.6 is 12.4 Å². The van der Waals surface area contributed by atoms with Gasteiger partial charge in [-0.2, -0.15) is 4.31 Å². The molecule has 1 aromatic rings. The van der Waals surface area contributed by atoms with Crippen LogP contribution in [0.1, 0.15) is 26.2 Å². The SMILES string of the molecule is CC(N)C1CCCCN1S(=O)(=O)c1ccccn1.Cl. The fraction of sp³-hybridized carbons (Fsp3) is 0.583. The van der Waals surface area contributed by atoms with Gasteiger partial charge in [-0.15, -0.1) is 12.4 Å². The maximum atomic E-state index is 12.5. The molecule has 2 rings (SSSR count). The monoisotopic (exact) mass is 305 g/mol. The van der Waals surface area contributed by atoms with E-state index in [2.05, 4.69) is 4.98 Å². The molecule has 1 aliphatic heterocycles. The molecular weight excluding hydrogens is 286 g/mol. The molecule has 5 nitrogen and oxygen atoms in total. The minimum absolute atomic E-state index is 0. The van der Waals surface area contributed by atoms with Crippen LogP contribution in [-0.4, -0.2) is 36.3 Å². The topological polar surface area (TPSA) is 76.3 Å². The third-order valence-electron chi connectivity index (χ3n) is 3.32. The molecule has 2 N–H and O–H groups in total. The van der Waals surface area contributed by atoms with Crippen molar-refractivity contribution in [3.05, 3.63) is 24.4 Å². The molecule has 2 atom stereocenters. The summed E-state index contributed by atoms with van der Waals surface area (Å²) in [6, 6.07) is 4.64. The number of halogens is 1. The summed E-state index contributed by atoms with van der Waals surface area (Å²) in [6.45, 7) is 2.39. The van der Waals surface area contributed by atoms with Crippen LogP contribution in [0.3, 0.4) is 0 Å². The Morgan fingerprint density at radius 1 is 1.42 bits per heavy atom. The molecule has 7 heteroatoms.